The first kappa shape index (κ1) is 26.9. The Balaban J connectivity index is 1.49. The Bertz CT molecular complexity index is 1130. The summed E-state index contributed by atoms with van der Waals surface area (Å²) in [5.74, 6) is -0.753. The smallest absolute Gasteiger partial charge is 0.346 e. The number of anilines is 1. The highest BCUT2D eigenvalue weighted by molar-refractivity contribution is 5.91. The molecule has 0 bridgehead atoms. The molecule has 3 rings (SSSR count). The molecule has 0 atom stereocenters. The number of halogens is 1. The SMILES string of the molecule is CCCCCCCCOc1ccc(C(=O)Oc2ccc(/N=N/c3ccc(N(C)C)cc3)cc2)c(F)c1. The van der Waals surface area contributed by atoms with Gasteiger partial charge in [-0.15, -0.1) is 0 Å². The zero-order chi connectivity index (χ0) is 25.8. The van der Waals surface area contributed by atoms with Crippen molar-refractivity contribution in [3.63, 3.8) is 0 Å². The van der Waals surface area contributed by atoms with Crippen LogP contribution >= 0.6 is 0 Å². The Morgan fingerprint density at radius 3 is 2.00 bits per heavy atom. The standard InChI is InChI=1S/C29H34FN3O3/c1-4-5-6-7-8-9-20-35-26-18-19-27(28(30)21-26)29(34)36-25-16-12-23(13-17-25)32-31-22-10-14-24(15-11-22)33(2)3/h10-19,21H,4-9,20H2,1-3H3/b32-31+. The second-order valence-corrected chi connectivity index (χ2v) is 8.75. The molecule has 0 aliphatic heterocycles. The minimum Gasteiger partial charge on any atom is -0.493 e. The second kappa shape index (κ2) is 14.0. The van der Waals surface area contributed by atoms with Crippen molar-refractivity contribution in [1.29, 1.82) is 0 Å². The molecule has 0 aliphatic carbocycles. The Hall–Kier alpha value is -3.74. The van der Waals surface area contributed by atoms with Crippen LogP contribution in [0.3, 0.4) is 0 Å². The monoisotopic (exact) mass is 491 g/mol. The number of rotatable bonds is 13. The van der Waals surface area contributed by atoms with E-state index in [1.807, 2.05) is 43.3 Å². The zero-order valence-corrected chi connectivity index (χ0v) is 21.2. The predicted molar refractivity (Wildman–Crippen MR) is 142 cm³/mol. The molecule has 0 saturated carbocycles. The van der Waals surface area contributed by atoms with E-state index in [0.717, 1.165) is 24.2 Å². The van der Waals surface area contributed by atoms with E-state index >= 15 is 0 Å². The Morgan fingerprint density at radius 1 is 0.806 bits per heavy atom. The van der Waals surface area contributed by atoms with Gasteiger partial charge in [0.15, 0.2) is 0 Å². The van der Waals surface area contributed by atoms with Crippen molar-refractivity contribution in [3.8, 4) is 11.5 Å². The highest BCUT2D eigenvalue weighted by atomic mass is 19.1. The van der Waals surface area contributed by atoms with Crippen LogP contribution in [0, 0.1) is 5.82 Å². The Kier molecular flexibility index (Phi) is 10.4. The van der Waals surface area contributed by atoms with Crippen LogP contribution in [0.15, 0.2) is 77.0 Å². The van der Waals surface area contributed by atoms with Gasteiger partial charge in [0.2, 0.25) is 0 Å². The normalized spacial score (nSPS) is 11.0. The van der Waals surface area contributed by atoms with Gasteiger partial charge in [-0.05, 0) is 67.1 Å². The summed E-state index contributed by atoms with van der Waals surface area (Å²) in [4.78, 5) is 14.5. The van der Waals surface area contributed by atoms with Gasteiger partial charge in [-0.3, -0.25) is 0 Å². The number of ether oxygens (including phenoxy) is 2. The average molecular weight is 492 g/mol. The summed E-state index contributed by atoms with van der Waals surface area (Å²) in [6.07, 6.45) is 6.91. The van der Waals surface area contributed by atoms with E-state index in [1.54, 1.807) is 30.3 Å². The molecular formula is C29H34FN3O3. The van der Waals surface area contributed by atoms with Crippen LogP contribution in [0.4, 0.5) is 21.5 Å². The van der Waals surface area contributed by atoms with Crippen molar-refractivity contribution in [3.05, 3.63) is 78.1 Å². The van der Waals surface area contributed by atoms with Gasteiger partial charge < -0.3 is 14.4 Å². The maximum atomic E-state index is 14.5. The topological polar surface area (TPSA) is 63.5 Å². The maximum absolute atomic E-state index is 14.5. The van der Waals surface area contributed by atoms with E-state index in [-0.39, 0.29) is 11.3 Å². The summed E-state index contributed by atoms with van der Waals surface area (Å²) in [7, 11) is 3.95. The van der Waals surface area contributed by atoms with Crippen LogP contribution in [0.25, 0.3) is 0 Å². The van der Waals surface area contributed by atoms with Crippen LogP contribution in [0.5, 0.6) is 11.5 Å². The lowest BCUT2D eigenvalue weighted by molar-refractivity contribution is 0.0730. The third kappa shape index (κ3) is 8.48. The molecule has 0 aromatic heterocycles. The molecule has 6 nitrogen and oxygen atoms in total. The van der Waals surface area contributed by atoms with Gasteiger partial charge in [0.1, 0.15) is 17.3 Å². The molecule has 36 heavy (non-hydrogen) atoms. The summed E-state index contributed by atoms with van der Waals surface area (Å²) in [5.41, 5.74) is 2.26. The molecule has 0 unspecified atom stereocenters. The zero-order valence-electron chi connectivity index (χ0n) is 21.2. The first-order valence-corrected chi connectivity index (χ1v) is 12.4. The van der Waals surface area contributed by atoms with Crippen LogP contribution in [-0.4, -0.2) is 26.7 Å². The lowest BCUT2D eigenvalue weighted by atomic mass is 10.1. The third-order valence-electron chi connectivity index (χ3n) is 5.62. The lowest BCUT2D eigenvalue weighted by Crippen LogP contribution is -2.11. The van der Waals surface area contributed by atoms with E-state index in [4.69, 9.17) is 9.47 Å². The number of esters is 1. The molecule has 7 heteroatoms. The van der Waals surface area contributed by atoms with Crippen molar-refractivity contribution in [1.82, 2.24) is 0 Å². The Labute approximate surface area is 212 Å². The van der Waals surface area contributed by atoms with Crippen molar-refractivity contribution in [2.75, 3.05) is 25.6 Å². The molecule has 0 N–H and O–H groups in total. The number of nitrogens with zero attached hydrogens (tertiary/aromatic N) is 3. The molecule has 0 aliphatic rings. The van der Waals surface area contributed by atoms with Crippen molar-refractivity contribution >= 4 is 23.0 Å². The van der Waals surface area contributed by atoms with E-state index < -0.39 is 11.8 Å². The number of hydrogen-bond acceptors (Lipinski definition) is 6. The number of carbonyl (C=O) groups is 1. The molecule has 0 saturated heterocycles. The largest absolute Gasteiger partial charge is 0.493 e. The van der Waals surface area contributed by atoms with Crippen LogP contribution < -0.4 is 14.4 Å². The molecule has 0 radical (unpaired) electrons. The van der Waals surface area contributed by atoms with Gasteiger partial charge in [0.05, 0.1) is 23.5 Å². The van der Waals surface area contributed by atoms with Crippen LogP contribution in [0.2, 0.25) is 0 Å². The highest BCUT2D eigenvalue weighted by Crippen LogP contribution is 2.24. The minimum absolute atomic E-state index is 0.146. The summed E-state index contributed by atoms with van der Waals surface area (Å²) in [6, 6.07) is 18.4. The third-order valence-corrected chi connectivity index (χ3v) is 5.62. The van der Waals surface area contributed by atoms with Gasteiger partial charge in [-0.25, -0.2) is 9.18 Å². The fourth-order valence-corrected chi connectivity index (χ4v) is 3.50. The summed E-state index contributed by atoms with van der Waals surface area (Å²) in [6.45, 7) is 2.72. The molecule has 0 heterocycles. The molecule has 0 fully saturated rings. The first-order valence-electron chi connectivity index (χ1n) is 12.4. The van der Waals surface area contributed by atoms with Gasteiger partial charge >= 0.3 is 5.97 Å². The predicted octanol–water partition coefficient (Wildman–Crippen LogP) is 8.27. The van der Waals surface area contributed by atoms with E-state index in [2.05, 4.69) is 17.2 Å². The van der Waals surface area contributed by atoms with E-state index in [0.29, 0.717) is 18.0 Å². The number of hydrogen-bond donors (Lipinski definition) is 0. The maximum Gasteiger partial charge on any atom is 0.346 e. The van der Waals surface area contributed by atoms with Gasteiger partial charge in [0.25, 0.3) is 0 Å². The fourth-order valence-electron chi connectivity index (χ4n) is 3.50. The van der Waals surface area contributed by atoms with E-state index in [1.165, 1.54) is 37.8 Å². The van der Waals surface area contributed by atoms with Crippen molar-refractivity contribution in [2.45, 2.75) is 45.4 Å². The molecule has 0 amide bonds. The number of unbranched alkanes of at least 4 members (excludes halogenated alkanes) is 5. The average Bonchev–Trinajstić information content (AvgIpc) is 2.88. The van der Waals surface area contributed by atoms with Crippen molar-refractivity contribution < 1.29 is 18.7 Å². The number of azo groups is 1. The number of carbonyl (C=O) groups excluding carboxylic acids is 1. The Morgan fingerprint density at radius 2 is 1.39 bits per heavy atom. The fraction of sp³-hybridized carbons (Fsp3) is 0.345. The first-order chi connectivity index (χ1) is 17.5. The van der Waals surface area contributed by atoms with E-state index in [9.17, 15) is 9.18 Å². The minimum atomic E-state index is -0.773. The molecule has 3 aromatic rings. The van der Waals surface area contributed by atoms with Crippen molar-refractivity contribution in [2.24, 2.45) is 10.2 Å². The van der Waals surface area contributed by atoms with Gasteiger partial charge in [-0.1, -0.05) is 39.0 Å². The molecule has 190 valence electrons. The molecular weight excluding hydrogens is 457 g/mol. The lowest BCUT2D eigenvalue weighted by Gasteiger charge is -2.11. The summed E-state index contributed by atoms with van der Waals surface area (Å²) < 4.78 is 25.4. The highest BCUT2D eigenvalue weighted by Gasteiger charge is 2.15. The van der Waals surface area contributed by atoms with Crippen LogP contribution in [0.1, 0.15) is 55.8 Å². The van der Waals surface area contributed by atoms with Gasteiger partial charge in [-0.2, -0.15) is 10.2 Å². The quantitative estimate of drug-likeness (QED) is 0.104. The summed E-state index contributed by atoms with van der Waals surface area (Å²) >= 11 is 0. The van der Waals surface area contributed by atoms with Gasteiger partial charge in [0, 0.05) is 25.8 Å². The summed E-state index contributed by atoms with van der Waals surface area (Å²) in [5, 5.41) is 8.41. The van der Waals surface area contributed by atoms with Crippen LogP contribution in [-0.2, 0) is 0 Å². The second-order valence-electron chi connectivity index (χ2n) is 8.75. The number of benzene rings is 3. The molecule has 0 spiro atoms. The molecule has 3 aromatic carbocycles.